The van der Waals surface area contributed by atoms with E-state index in [1.165, 1.54) is 11.1 Å². The number of benzene rings is 1. The van der Waals surface area contributed by atoms with Gasteiger partial charge in [-0.15, -0.1) is 0 Å². The zero-order valence-electron chi connectivity index (χ0n) is 11.1. The monoisotopic (exact) mass is 245 g/mol. The summed E-state index contributed by atoms with van der Waals surface area (Å²) in [5.41, 5.74) is 2.42. The number of hydrogen-bond donors (Lipinski definition) is 1. The molecule has 0 radical (unpaired) electrons. The first-order valence-corrected chi connectivity index (χ1v) is 6.08. The molecule has 0 saturated heterocycles. The Morgan fingerprint density at radius 2 is 2.17 bits per heavy atom. The van der Waals surface area contributed by atoms with Crippen LogP contribution in [0.4, 0.5) is 0 Å². The minimum Gasteiger partial charge on any atom is -0.496 e. The number of nitrogens with one attached hydrogen (secondary N) is 1. The van der Waals surface area contributed by atoms with Crippen molar-refractivity contribution in [1.29, 1.82) is 0 Å². The summed E-state index contributed by atoms with van der Waals surface area (Å²) in [5.74, 6) is 1.87. The second-order valence-electron chi connectivity index (χ2n) is 4.38. The van der Waals surface area contributed by atoms with Crippen molar-refractivity contribution in [3.63, 3.8) is 0 Å². The number of ether oxygens (including phenoxy) is 1. The highest BCUT2D eigenvalue weighted by atomic mass is 16.5. The van der Waals surface area contributed by atoms with Gasteiger partial charge in [0.2, 0.25) is 0 Å². The van der Waals surface area contributed by atoms with Gasteiger partial charge in [-0.25, -0.2) is 0 Å². The number of hydrogen-bond acceptors (Lipinski definition) is 3. The summed E-state index contributed by atoms with van der Waals surface area (Å²) in [6, 6.07) is 10.3. The molecule has 0 spiro atoms. The molecule has 96 valence electrons. The van der Waals surface area contributed by atoms with Gasteiger partial charge in [0.15, 0.2) is 0 Å². The van der Waals surface area contributed by atoms with Gasteiger partial charge in [-0.05, 0) is 44.2 Å². The van der Waals surface area contributed by atoms with Gasteiger partial charge < -0.3 is 14.5 Å². The Balaban J connectivity index is 2.24. The van der Waals surface area contributed by atoms with Crippen LogP contribution in [-0.4, -0.2) is 14.2 Å². The Bertz CT molecular complexity index is 491. The molecular weight excluding hydrogens is 226 g/mol. The molecule has 2 aromatic rings. The van der Waals surface area contributed by atoms with E-state index in [0.29, 0.717) is 0 Å². The van der Waals surface area contributed by atoms with Crippen LogP contribution in [0.2, 0.25) is 0 Å². The maximum absolute atomic E-state index is 5.46. The lowest BCUT2D eigenvalue weighted by atomic mass is 10.0. The third kappa shape index (κ3) is 2.74. The first-order valence-electron chi connectivity index (χ1n) is 6.08. The Kier molecular flexibility index (Phi) is 4.05. The summed E-state index contributed by atoms with van der Waals surface area (Å²) in [4.78, 5) is 0. The number of furan rings is 1. The second-order valence-corrected chi connectivity index (χ2v) is 4.38. The topological polar surface area (TPSA) is 34.4 Å². The summed E-state index contributed by atoms with van der Waals surface area (Å²) in [6.45, 7) is 2.09. The molecule has 0 aliphatic carbocycles. The van der Waals surface area contributed by atoms with Crippen LogP contribution in [0, 0.1) is 6.92 Å². The molecule has 1 N–H and O–H groups in total. The van der Waals surface area contributed by atoms with Crippen LogP contribution in [0.5, 0.6) is 5.75 Å². The fourth-order valence-electron chi connectivity index (χ4n) is 2.12. The lowest BCUT2D eigenvalue weighted by molar-refractivity contribution is 0.397. The van der Waals surface area contributed by atoms with E-state index in [-0.39, 0.29) is 6.04 Å². The average Bonchev–Trinajstić information content (AvgIpc) is 2.90. The molecule has 18 heavy (non-hydrogen) atoms. The fraction of sp³-hybridized carbons (Fsp3) is 0.333. The van der Waals surface area contributed by atoms with Gasteiger partial charge in [0.25, 0.3) is 0 Å². The summed E-state index contributed by atoms with van der Waals surface area (Å²) in [7, 11) is 3.64. The maximum atomic E-state index is 5.46. The quantitative estimate of drug-likeness (QED) is 0.879. The third-order valence-electron chi connectivity index (χ3n) is 3.10. The standard InChI is InChI=1S/C15H19NO2/c1-11-6-7-14(17-3)12(9-11)10-13(16-2)15-5-4-8-18-15/h4-9,13,16H,10H2,1-3H3. The molecule has 3 heteroatoms. The predicted octanol–water partition coefficient (Wildman–Crippen LogP) is 3.10. The van der Waals surface area contributed by atoms with Gasteiger partial charge >= 0.3 is 0 Å². The molecule has 1 heterocycles. The number of rotatable bonds is 5. The lowest BCUT2D eigenvalue weighted by Gasteiger charge is -2.16. The van der Waals surface area contributed by atoms with E-state index < -0.39 is 0 Å². The summed E-state index contributed by atoms with van der Waals surface area (Å²) in [6.07, 6.45) is 2.54. The molecular formula is C15H19NO2. The van der Waals surface area contributed by atoms with Crippen LogP contribution >= 0.6 is 0 Å². The molecule has 0 saturated carbocycles. The SMILES string of the molecule is CNC(Cc1cc(C)ccc1OC)c1ccco1. The molecule has 0 fully saturated rings. The van der Waals surface area contributed by atoms with E-state index in [4.69, 9.17) is 9.15 Å². The van der Waals surface area contributed by atoms with E-state index in [0.717, 1.165) is 17.9 Å². The van der Waals surface area contributed by atoms with Crippen molar-refractivity contribution in [3.8, 4) is 5.75 Å². The molecule has 1 aromatic carbocycles. The highest BCUT2D eigenvalue weighted by Gasteiger charge is 2.15. The van der Waals surface area contributed by atoms with Crippen LogP contribution in [-0.2, 0) is 6.42 Å². The number of aryl methyl sites for hydroxylation is 1. The van der Waals surface area contributed by atoms with Crippen molar-refractivity contribution in [2.75, 3.05) is 14.2 Å². The normalized spacial score (nSPS) is 12.4. The van der Waals surface area contributed by atoms with E-state index in [1.54, 1.807) is 13.4 Å². The number of methoxy groups -OCH3 is 1. The first-order chi connectivity index (χ1) is 8.74. The van der Waals surface area contributed by atoms with Crippen molar-refractivity contribution in [3.05, 3.63) is 53.5 Å². The highest BCUT2D eigenvalue weighted by molar-refractivity contribution is 5.37. The van der Waals surface area contributed by atoms with Gasteiger partial charge in [-0.3, -0.25) is 0 Å². The summed E-state index contributed by atoms with van der Waals surface area (Å²) in [5, 5.41) is 3.27. The molecule has 1 atom stereocenters. The van der Waals surface area contributed by atoms with Crippen molar-refractivity contribution >= 4 is 0 Å². The van der Waals surface area contributed by atoms with E-state index in [9.17, 15) is 0 Å². The van der Waals surface area contributed by atoms with Gasteiger partial charge in [-0.2, -0.15) is 0 Å². The maximum Gasteiger partial charge on any atom is 0.122 e. The minimum absolute atomic E-state index is 0.163. The second kappa shape index (κ2) is 5.74. The Morgan fingerprint density at radius 1 is 1.33 bits per heavy atom. The van der Waals surface area contributed by atoms with Crippen LogP contribution < -0.4 is 10.1 Å². The Morgan fingerprint density at radius 3 is 2.78 bits per heavy atom. The molecule has 0 aliphatic heterocycles. The average molecular weight is 245 g/mol. The lowest BCUT2D eigenvalue weighted by Crippen LogP contribution is -2.18. The molecule has 0 bridgehead atoms. The molecule has 3 nitrogen and oxygen atoms in total. The minimum atomic E-state index is 0.163. The summed E-state index contributed by atoms with van der Waals surface area (Å²) < 4.78 is 10.9. The fourth-order valence-corrected chi connectivity index (χ4v) is 2.12. The molecule has 1 unspecified atom stereocenters. The van der Waals surface area contributed by atoms with Crippen LogP contribution in [0.1, 0.15) is 22.9 Å². The largest absolute Gasteiger partial charge is 0.496 e. The van der Waals surface area contributed by atoms with Crippen molar-refractivity contribution in [2.24, 2.45) is 0 Å². The van der Waals surface area contributed by atoms with Gasteiger partial charge in [0, 0.05) is 0 Å². The predicted molar refractivity (Wildman–Crippen MR) is 71.9 cm³/mol. The Hall–Kier alpha value is -1.74. The van der Waals surface area contributed by atoms with E-state index in [1.807, 2.05) is 25.2 Å². The van der Waals surface area contributed by atoms with Gasteiger partial charge in [-0.1, -0.05) is 17.7 Å². The van der Waals surface area contributed by atoms with Crippen LogP contribution in [0.15, 0.2) is 41.0 Å². The highest BCUT2D eigenvalue weighted by Crippen LogP contribution is 2.26. The van der Waals surface area contributed by atoms with E-state index >= 15 is 0 Å². The third-order valence-corrected chi connectivity index (χ3v) is 3.10. The Labute approximate surface area is 108 Å². The van der Waals surface area contributed by atoms with Crippen molar-refractivity contribution in [2.45, 2.75) is 19.4 Å². The van der Waals surface area contributed by atoms with Crippen LogP contribution in [0.25, 0.3) is 0 Å². The number of likely N-dealkylation sites (N-methyl/N-ethyl adjacent to an activating group) is 1. The molecule has 1 aromatic heterocycles. The molecule has 2 rings (SSSR count). The van der Waals surface area contributed by atoms with Crippen molar-refractivity contribution < 1.29 is 9.15 Å². The smallest absolute Gasteiger partial charge is 0.122 e. The zero-order valence-corrected chi connectivity index (χ0v) is 11.1. The van der Waals surface area contributed by atoms with Crippen LogP contribution in [0.3, 0.4) is 0 Å². The van der Waals surface area contributed by atoms with Crippen molar-refractivity contribution in [1.82, 2.24) is 5.32 Å². The van der Waals surface area contributed by atoms with Gasteiger partial charge in [0.05, 0.1) is 19.4 Å². The van der Waals surface area contributed by atoms with E-state index in [2.05, 4.69) is 24.4 Å². The zero-order chi connectivity index (χ0) is 13.0. The van der Waals surface area contributed by atoms with Gasteiger partial charge in [0.1, 0.15) is 11.5 Å². The first kappa shape index (κ1) is 12.7. The molecule has 0 amide bonds. The summed E-state index contributed by atoms with van der Waals surface area (Å²) >= 11 is 0. The molecule has 0 aliphatic rings.